The molecule has 0 radical (unpaired) electrons. The van der Waals surface area contributed by atoms with Gasteiger partial charge in [-0.15, -0.1) is 0 Å². The van der Waals surface area contributed by atoms with E-state index in [1.807, 2.05) is 31.2 Å². The lowest BCUT2D eigenvalue weighted by Crippen LogP contribution is -1.97. The molecule has 20 heavy (non-hydrogen) atoms. The van der Waals surface area contributed by atoms with Gasteiger partial charge >= 0.3 is 0 Å². The molecule has 1 aliphatic rings. The van der Waals surface area contributed by atoms with Crippen LogP contribution in [0.15, 0.2) is 40.4 Å². The Bertz CT molecular complexity index is 631. The van der Waals surface area contributed by atoms with Gasteiger partial charge in [0.15, 0.2) is 11.5 Å². The summed E-state index contributed by atoms with van der Waals surface area (Å²) in [6.07, 6.45) is 2.68. The standard InChI is InChI=1S/C15H16N2O2S/c1-10-5-6-17-15(14(10)16)20-11-3-4-12-13(9-11)19-8-2-7-18-12/h3-6,9H,2,7-8,16H2,1H3. The first-order valence-electron chi connectivity index (χ1n) is 6.52. The molecule has 1 aromatic carbocycles. The number of aryl methyl sites for hydroxylation is 1. The minimum Gasteiger partial charge on any atom is -0.490 e. The Morgan fingerprint density at radius 2 is 1.95 bits per heavy atom. The lowest BCUT2D eigenvalue weighted by Gasteiger charge is -2.10. The average molecular weight is 288 g/mol. The van der Waals surface area contributed by atoms with Crippen LogP contribution in [0.4, 0.5) is 5.69 Å². The van der Waals surface area contributed by atoms with Crippen molar-refractivity contribution < 1.29 is 9.47 Å². The molecule has 2 heterocycles. The van der Waals surface area contributed by atoms with Crippen LogP contribution in [0, 0.1) is 6.92 Å². The third-order valence-corrected chi connectivity index (χ3v) is 4.11. The number of ether oxygens (including phenoxy) is 2. The van der Waals surface area contributed by atoms with Gasteiger partial charge in [0.25, 0.3) is 0 Å². The molecule has 0 bridgehead atoms. The molecule has 1 aliphatic heterocycles. The molecule has 0 unspecified atom stereocenters. The zero-order valence-electron chi connectivity index (χ0n) is 11.3. The fourth-order valence-corrected chi connectivity index (χ4v) is 2.85. The van der Waals surface area contributed by atoms with Crippen LogP contribution >= 0.6 is 11.8 Å². The number of benzene rings is 1. The summed E-state index contributed by atoms with van der Waals surface area (Å²) in [6, 6.07) is 7.83. The van der Waals surface area contributed by atoms with E-state index in [4.69, 9.17) is 15.2 Å². The number of rotatable bonds is 2. The molecule has 0 aliphatic carbocycles. The van der Waals surface area contributed by atoms with E-state index >= 15 is 0 Å². The summed E-state index contributed by atoms with van der Waals surface area (Å²) in [4.78, 5) is 5.37. The van der Waals surface area contributed by atoms with Crippen molar-refractivity contribution in [2.24, 2.45) is 0 Å². The highest BCUT2D eigenvalue weighted by Gasteiger charge is 2.12. The number of fused-ring (bicyclic) bond motifs is 1. The summed E-state index contributed by atoms with van der Waals surface area (Å²) in [5.41, 5.74) is 7.82. The fourth-order valence-electron chi connectivity index (χ4n) is 1.94. The van der Waals surface area contributed by atoms with Crippen LogP contribution < -0.4 is 15.2 Å². The highest BCUT2D eigenvalue weighted by atomic mass is 32.2. The Balaban J connectivity index is 1.88. The zero-order valence-corrected chi connectivity index (χ0v) is 12.1. The first-order chi connectivity index (χ1) is 9.74. The third-order valence-electron chi connectivity index (χ3n) is 3.11. The van der Waals surface area contributed by atoms with Crippen molar-refractivity contribution in [2.45, 2.75) is 23.3 Å². The molecule has 2 aromatic rings. The number of nitrogen functional groups attached to an aromatic ring is 1. The Morgan fingerprint density at radius 3 is 2.80 bits per heavy atom. The summed E-state index contributed by atoms with van der Waals surface area (Å²) >= 11 is 1.54. The molecule has 4 nitrogen and oxygen atoms in total. The van der Waals surface area contributed by atoms with Gasteiger partial charge < -0.3 is 15.2 Å². The first-order valence-corrected chi connectivity index (χ1v) is 7.34. The molecule has 0 atom stereocenters. The number of nitrogens with zero attached hydrogens (tertiary/aromatic N) is 1. The smallest absolute Gasteiger partial charge is 0.162 e. The quantitative estimate of drug-likeness (QED) is 0.919. The second-order valence-corrected chi connectivity index (χ2v) is 5.67. The zero-order chi connectivity index (χ0) is 13.9. The summed E-state index contributed by atoms with van der Waals surface area (Å²) in [5, 5.41) is 0.819. The van der Waals surface area contributed by atoms with Gasteiger partial charge in [0.2, 0.25) is 0 Å². The Morgan fingerprint density at radius 1 is 1.15 bits per heavy atom. The second-order valence-electron chi connectivity index (χ2n) is 4.61. The number of hydrogen-bond acceptors (Lipinski definition) is 5. The lowest BCUT2D eigenvalue weighted by atomic mass is 10.3. The molecule has 0 amide bonds. The van der Waals surface area contributed by atoms with Crippen LogP contribution in [0.2, 0.25) is 0 Å². The van der Waals surface area contributed by atoms with Gasteiger partial charge in [-0.05, 0) is 36.8 Å². The Labute approximate surface area is 122 Å². The van der Waals surface area contributed by atoms with E-state index in [1.165, 1.54) is 11.8 Å². The van der Waals surface area contributed by atoms with Gasteiger partial charge in [-0.3, -0.25) is 0 Å². The maximum Gasteiger partial charge on any atom is 0.162 e. The summed E-state index contributed by atoms with van der Waals surface area (Å²) < 4.78 is 11.3. The number of nitrogens with two attached hydrogens (primary N) is 1. The highest BCUT2D eigenvalue weighted by molar-refractivity contribution is 7.99. The van der Waals surface area contributed by atoms with Gasteiger partial charge in [-0.1, -0.05) is 11.8 Å². The average Bonchev–Trinajstić information content (AvgIpc) is 2.69. The molecule has 5 heteroatoms. The van der Waals surface area contributed by atoms with Gasteiger partial charge in [-0.25, -0.2) is 4.98 Å². The van der Waals surface area contributed by atoms with Gasteiger partial charge in [0, 0.05) is 17.5 Å². The molecular weight excluding hydrogens is 272 g/mol. The van der Waals surface area contributed by atoms with Gasteiger partial charge in [0.1, 0.15) is 5.03 Å². The van der Waals surface area contributed by atoms with Gasteiger partial charge in [0.05, 0.1) is 18.9 Å². The van der Waals surface area contributed by atoms with Gasteiger partial charge in [-0.2, -0.15) is 0 Å². The van der Waals surface area contributed by atoms with E-state index in [0.717, 1.165) is 39.1 Å². The van der Waals surface area contributed by atoms with E-state index in [0.29, 0.717) is 13.2 Å². The van der Waals surface area contributed by atoms with Crippen LogP contribution in [-0.4, -0.2) is 18.2 Å². The largest absolute Gasteiger partial charge is 0.490 e. The van der Waals surface area contributed by atoms with E-state index in [-0.39, 0.29) is 0 Å². The predicted molar refractivity (Wildman–Crippen MR) is 79.6 cm³/mol. The fraction of sp³-hybridized carbons (Fsp3) is 0.267. The van der Waals surface area contributed by atoms with E-state index in [2.05, 4.69) is 4.98 Å². The summed E-state index contributed by atoms with van der Waals surface area (Å²) in [7, 11) is 0. The van der Waals surface area contributed by atoms with Crippen LogP contribution in [0.25, 0.3) is 0 Å². The van der Waals surface area contributed by atoms with Crippen molar-refractivity contribution in [3.05, 3.63) is 36.0 Å². The molecule has 0 saturated heterocycles. The van der Waals surface area contributed by atoms with E-state index < -0.39 is 0 Å². The van der Waals surface area contributed by atoms with Crippen LogP contribution in [0.5, 0.6) is 11.5 Å². The summed E-state index contributed by atoms with van der Waals surface area (Å²) in [5.74, 6) is 1.59. The van der Waals surface area contributed by atoms with Crippen molar-refractivity contribution in [1.29, 1.82) is 0 Å². The molecule has 104 valence electrons. The van der Waals surface area contributed by atoms with Crippen LogP contribution in [0.1, 0.15) is 12.0 Å². The lowest BCUT2D eigenvalue weighted by molar-refractivity contribution is 0.297. The minimum absolute atomic E-state index is 0.686. The molecule has 1 aromatic heterocycles. The monoisotopic (exact) mass is 288 g/mol. The molecule has 0 spiro atoms. The molecule has 2 N–H and O–H groups in total. The van der Waals surface area contributed by atoms with E-state index in [1.54, 1.807) is 6.20 Å². The number of hydrogen-bond donors (Lipinski definition) is 1. The van der Waals surface area contributed by atoms with Crippen molar-refractivity contribution in [3.63, 3.8) is 0 Å². The first kappa shape index (κ1) is 13.1. The highest BCUT2D eigenvalue weighted by Crippen LogP contribution is 2.37. The molecular formula is C15H16N2O2S. The molecule has 0 fully saturated rings. The normalized spacial score (nSPS) is 13.8. The molecule has 0 saturated carbocycles. The maximum absolute atomic E-state index is 6.05. The Kier molecular flexibility index (Phi) is 3.69. The number of pyridine rings is 1. The van der Waals surface area contributed by atoms with Crippen molar-refractivity contribution in [1.82, 2.24) is 4.98 Å². The number of anilines is 1. The van der Waals surface area contributed by atoms with Crippen LogP contribution in [0.3, 0.4) is 0 Å². The molecule has 3 rings (SSSR count). The van der Waals surface area contributed by atoms with Crippen molar-refractivity contribution in [3.8, 4) is 11.5 Å². The van der Waals surface area contributed by atoms with Crippen molar-refractivity contribution in [2.75, 3.05) is 18.9 Å². The Hall–Kier alpha value is -1.88. The maximum atomic E-state index is 6.05. The minimum atomic E-state index is 0.686. The van der Waals surface area contributed by atoms with Crippen LogP contribution in [-0.2, 0) is 0 Å². The second kappa shape index (κ2) is 5.63. The number of aromatic nitrogens is 1. The van der Waals surface area contributed by atoms with E-state index in [9.17, 15) is 0 Å². The van der Waals surface area contributed by atoms with Crippen molar-refractivity contribution >= 4 is 17.4 Å². The third kappa shape index (κ3) is 2.67. The predicted octanol–water partition coefficient (Wildman–Crippen LogP) is 3.28. The SMILES string of the molecule is Cc1ccnc(Sc2ccc3c(c2)OCCCO3)c1N. The topological polar surface area (TPSA) is 57.4 Å². The summed E-state index contributed by atoms with van der Waals surface area (Å²) in [6.45, 7) is 3.37.